The lowest BCUT2D eigenvalue weighted by Gasteiger charge is -2.12. The number of urea groups is 1. The molecule has 0 bridgehead atoms. The number of hydrogen-bond donors (Lipinski definition) is 2. The highest BCUT2D eigenvalue weighted by atomic mass is 35.6. The minimum Gasteiger partial charge on any atom is -0.467 e. The number of nitro benzene ring substituents is 1. The van der Waals surface area contributed by atoms with Gasteiger partial charge in [-0.2, -0.15) is 15.0 Å². The van der Waals surface area contributed by atoms with Crippen LogP contribution in [-0.4, -0.2) is 41.4 Å². The second kappa shape index (κ2) is 8.26. The number of carbonyl (C=O) groups excluding carboxylic acids is 1. The third kappa shape index (κ3) is 5.28. The van der Waals surface area contributed by atoms with E-state index in [1.54, 1.807) is 4.72 Å². The number of benzene rings is 1. The summed E-state index contributed by atoms with van der Waals surface area (Å²) in [4.78, 5) is 32.4. The molecule has 2 amide bonds. The number of nitrogens with zero attached hydrogens (tertiary/aromatic N) is 4. The maximum absolute atomic E-state index is 12.3. The van der Waals surface area contributed by atoms with Crippen molar-refractivity contribution in [2.45, 2.75) is 8.69 Å². The average Bonchev–Trinajstić information content (AvgIpc) is 2.60. The smallest absolute Gasteiger partial charge is 0.335 e. The highest BCUT2D eigenvalue weighted by Crippen LogP contribution is 2.36. The van der Waals surface area contributed by atoms with Crippen LogP contribution in [0.5, 0.6) is 6.01 Å². The summed E-state index contributed by atoms with van der Waals surface area (Å²) in [5.41, 5.74) is -0.719. The summed E-state index contributed by atoms with van der Waals surface area (Å²) in [5.74, 6) is -0.898. The van der Waals surface area contributed by atoms with E-state index >= 15 is 0 Å². The maximum atomic E-state index is 12.3. The third-order valence-electron chi connectivity index (χ3n) is 2.85. The normalized spacial score (nSPS) is 11.6. The summed E-state index contributed by atoms with van der Waals surface area (Å²) in [7, 11) is -3.40. The van der Waals surface area contributed by atoms with Crippen LogP contribution in [0.15, 0.2) is 29.2 Å². The lowest BCUT2D eigenvalue weighted by Crippen LogP contribution is -2.35. The molecule has 2 rings (SSSR count). The van der Waals surface area contributed by atoms with E-state index in [2.05, 4.69) is 15.0 Å². The number of halogens is 3. The summed E-state index contributed by atoms with van der Waals surface area (Å²) in [6, 6.07) is 2.79. The zero-order valence-electron chi connectivity index (χ0n) is 13.6. The predicted molar refractivity (Wildman–Crippen MR) is 98.1 cm³/mol. The monoisotopic (exact) mass is 470 g/mol. The fourth-order valence-electron chi connectivity index (χ4n) is 1.77. The Kier molecular flexibility index (Phi) is 6.44. The maximum Gasteiger partial charge on any atom is 0.335 e. The van der Waals surface area contributed by atoms with Crippen LogP contribution in [0, 0.1) is 10.1 Å². The van der Waals surface area contributed by atoms with E-state index in [9.17, 15) is 23.3 Å². The topological polar surface area (TPSA) is 166 Å². The summed E-state index contributed by atoms with van der Waals surface area (Å²) in [6.07, 6.45) is 0. The van der Waals surface area contributed by atoms with Crippen LogP contribution >= 0.6 is 34.8 Å². The number of para-hydroxylation sites is 1. The van der Waals surface area contributed by atoms with E-state index in [0.29, 0.717) is 0 Å². The van der Waals surface area contributed by atoms with Gasteiger partial charge in [0.25, 0.3) is 15.7 Å². The molecule has 1 aromatic heterocycles. The van der Waals surface area contributed by atoms with Crippen molar-refractivity contribution in [1.82, 2.24) is 19.7 Å². The number of alkyl halides is 3. The molecule has 150 valence electrons. The molecular formula is C12H9Cl3N6O6S. The molecule has 0 spiro atoms. The molecule has 0 aliphatic carbocycles. The van der Waals surface area contributed by atoms with Gasteiger partial charge in [-0.15, -0.1) is 0 Å². The van der Waals surface area contributed by atoms with Crippen molar-refractivity contribution in [1.29, 1.82) is 0 Å². The van der Waals surface area contributed by atoms with Gasteiger partial charge in [0, 0.05) is 6.07 Å². The van der Waals surface area contributed by atoms with Gasteiger partial charge in [0.1, 0.15) is 0 Å². The zero-order valence-corrected chi connectivity index (χ0v) is 16.7. The molecule has 12 nitrogen and oxygen atoms in total. The number of carbonyl (C=O) groups is 1. The Morgan fingerprint density at radius 2 is 1.86 bits per heavy atom. The van der Waals surface area contributed by atoms with Gasteiger partial charge in [0.05, 0.1) is 12.0 Å². The Labute approximate surface area is 172 Å². The highest BCUT2D eigenvalue weighted by molar-refractivity contribution is 7.90. The predicted octanol–water partition coefficient (Wildman–Crippen LogP) is 2.13. The molecule has 16 heteroatoms. The molecule has 0 saturated heterocycles. The van der Waals surface area contributed by atoms with Crippen LogP contribution in [0.25, 0.3) is 0 Å². The van der Waals surface area contributed by atoms with Gasteiger partial charge in [-0.1, -0.05) is 46.9 Å². The zero-order chi connectivity index (χ0) is 21.1. The quantitative estimate of drug-likeness (QED) is 0.377. The van der Waals surface area contributed by atoms with Gasteiger partial charge < -0.3 is 4.74 Å². The minimum atomic E-state index is -4.59. The van der Waals surface area contributed by atoms with Gasteiger partial charge in [-0.25, -0.2) is 17.9 Å². The van der Waals surface area contributed by atoms with Gasteiger partial charge in [-0.3, -0.25) is 15.4 Å². The van der Waals surface area contributed by atoms with Crippen LogP contribution in [-0.2, 0) is 13.8 Å². The van der Waals surface area contributed by atoms with Gasteiger partial charge in [0.15, 0.2) is 10.7 Å². The lowest BCUT2D eigenvalue weighted by atomic mass is 10.3. The molecule has 28 heavy (non-hydrogen) atoms. The standard InChI is InChI=1S/C12H9Cl3N6O6S/c1-27-11-17-8(12(13,14)15)16-9(19-11)18-10(22)20-28(25,26)7-5-3-2-4-6(7)21(23)24/h2-5H,1H3,(H2,16,17,18,19,20,22). The molecule has 1 aromatic carbocycles. The molecule has 2 N–H and O–H groups in total. The Morgan fingerprint density at radius 3 is 2.43 bits per heavy atom. The number of ether oxygens (including phenoxy) is 1. The molecule has 0 saturated carbocycles. The molecule has 0 unspecified atom stereocenters. The second-order valence-electron chi connectivity index (χ2n) is 4.75. The fourth-order valence-corrected chi connectivity index (χ4v) is 3.10. The Balaban J connectivity index is 2.28. The first-order chi connectivity index (χ1) is 12.9. The first-order valence-electron chi connectivity index (χ1n) is 6.88. The number of hydrogen-bond acceptors (Lipinski definition) is 9. The van der Waals surface area contributed by atoms with Crippen LogP contribution in [0.2, 0.25) is 0 Å². The third-order valence-corrected chi connectivity index (χ3v) is 4.74. The van der Waals surface area contributed by atoms with E-state index in [1.807, 2.05) is 5.32 Å². The van der Waals surface area contributed by atoms with Crippen molar-refractivity contribution in [2.24, 2.45) is 0 Å². The first-order valence-corrected chi connectivity index (χ1v) is 9.50. The number of aromatic nitrogens is 3. The minimum absolute atomic E-state index is 0.326. The Bertz CT molecular complexity index is 1030. The number of amides is 2. The summed E-state index contributed by atoms with van der Waals surface area (Å²) < 4.78 is 28.9. The van der Waals surface area contributed by atoms with Crippen LogP contribution in [0.3, 0.4) is 0 Å². The molecule has 0 aliphatic rings. The van der Waals surface area contributed by atoms with Crippen molar-refractivity contribution in [2.75, 3.05) is 12.4 Å². The van der Waals surface area contributed by atoms with Crippen LogP contribution in [0.1, 0.15) is 5.82 Å². The lowest BCUT2D eigenvalue weighted by molar-refractivity contribution is -0.387. The SMILES string of the molecule is COc1nc(NC(=O)NS(=O)(=O)c2ccccc2[N+](=O)[O-])nc(C(Cl)(Cl)Cl)n1. The van der Waals surface area contributed by atoms with E-state index in [1.165, 1.54) is 19.2 Å². The van der Waals surface area contributed by atoms with Crippen molar-refractivity contribution < 1.29 is 22.9 Å². The summed E-state index contributed by atoms with van der Waals surface area (Å²) in [6.45, 7) is 0. The van der Waals surface area contributed by atoms with Gasteiger partial charge >= 0.3 is 12.0 Å². The van der Waals surface area contributed by atoms with Crippen LogP contribution in [0.4, 0.5) is 16.4 Å². The summed E-state index contributed by atoms with van der Waals surface area (Å²) >= 11 is 17.0. The molecule has 2 aromatic rings. The number of nitrogens with one attached hydrogen (secondary N) is 2. The number of anilines is 1. The molecular weight excluding hydrogens is 463 g/mol. The van der Waals surface area contributed by atoms with E-state index in [4.69, 9.17) is 39.5 Å². The van der Waals surface area contributed by atoms with Crippen molar-refractivity contribution >= 4 is 62.5 Å². The average molecular weight is 472 g/mol. The fraction of sp³-hybridized carbons (Fsp3) is 0.167. The van der Waals surface area contributed by atoms with E-state index < -0.39 is 47.1 Å². The van der Waals surface area contributed by atoms with E-state index in [-0.39, 0.29) is 6.01 Å². The molecule has 0 aliphatic heterocycles. The first kappa shape index (κ1) is 21.8. The van der Waals surface area contributed by atoms with Gasteiger partial charge in [0.2, 0.25) is 9.74 Å². The summed E-state index contributed by atoms with van der Waals surface area (Å²) in [5, 5.41) is 13.0. The Morgan fingerprint density at radius 1 is 1.21 bits per heavy atom. The van der Waals surface area contributed by atoms with Crippen molar-refractivity contribution in [3.05, 3.63) is 40.2 Å². The van der Waals surface area contributed by atoms with Crippen molar-refractivity contribution in [3.63, 3.8) is 0 Å². The number of nitro groups is 1. The largest absolute Gasteiger partial charge is 0.467 e. The van der Waals surface area contributed by atoms with Crippen molar-refractivity contribution in [3.8, 4) is 6.01 Å². The highest BCUT2D eigenvalue weighted by Gasteiger charge is 2.30. The van der Waals surface area contributed by atoms with E-state index in [0.717, 1.165) is 12.1 Å². The number of sulfonamides is 1. The van der Waals surface area contributed by atoms with Gasteiger partial charge in [-0.05, 0) is 6.07 Å². The van der Waals surface area contributed by atoms with Crippen LogP contribution < -0.4 is 14.8 Å². The molecule has 0 atom stereocenters. The number of methoxy groups -OCH3 is 1. The molecule has 0 radical (unpaired) electrons. The molecule has 0 fully saturated rings. The Hall–Kier alpha value is -2.48. The molecule has 1 heterocycles. The number of rotatable bonds is 5. The second-order valence-corrected chi connectivity index (χ2v) is 8.68.